The van der Waals surface area contributed by atoms with Crippen LogP contribution >= 0.6 is 12.2 Å². The zero-order valence-electron chi connectivity index (χ0n) is 12.2. The first-order chi connectivity index (χ1) is 8.06. The Kier molecular flexibility index (Phi) is 4.42. The number of rotatable bonds is 2. The molecule has 1 fully saturated rings. The number of piperidine rings is 1. The van der Waals surface area contributed by atoms with Gasteiger partial charge in [-0.3, -0.25) is 4.79 Å². The molecule has 18 heavy (non-hydrogen) atoms. The van der Waals surface area contributed by atoms with Crippen molar-refractivity contribution >= 4 is 23.1 Å². The van der Waals surface area contributed by atoms with Gasteiger partial charge in [-0.15, -0.1) is 0 Å². The third-order valence-electron chi connectivity index (χ3n) is 4.16. The van der Waals surface area contributed by atoms with Crippen molar-refractivity contribution in [2.45, 2.75) is 47.5 Å². The van der Waals surface area contributed by atoms with Crippen molar-refractivity contribution in [1.29, 1.82) is 0 Å². The molecule has 3 nitrogen and oxygen atoms in total. The van der Waals surface area contributed by atoms with Gasteiger partial charge in [0.05, 0.1) is 10.4 Å². The normalized spacial score (nSPS) is 18.8. The van der Waals surface area contributed by atoms with Gasteiger partial charge in [-0.25, -0.2) is 0 Å². The molecule has 0 radical (unpaired) electrons. The molecule has 0 aliphatic carbocycles. The van der Waals surface area contributed by atoms with E-state index in [1.807, 2.05) is 18.7 Å². The molecule has 1 rings (SSSR count). The molecule has 1 aliphatic rings. The van der Waals surface area contributed by atoms with E-state index < -0.39 is 5.41 Å². The maximum Gasteiger partial charge on any atom is 0.235 e. The molecule has 0 saturated carbocycles. The van der Waals surface area contributed by atoms with Gasteiger partial charge in [-0.1, -0.05) is 33.0 Å². The van der Waals surface area contributed by atoms with Gasteiger partial charge in [0.1, 0.15) is 0 Å². The molecule has 1 heterocycles. The molecule has 1 aliphatic heterocycles. The Morgan fingerprint density at radius 3 is 1.94 bits per heavy atom. The minimum atomic E-state index is -0.718. The van der Waals surface area contributed by atoms with Crippen LogP contribution in [0, 0.1) is 16.7 Å². The molecular formula is C14H26N2OS. The highest BCUT2D eigenvalue weighted by atomic mass is 32.1. The highest BCUT2D eigenvalue weighted by Gasteiger charge is 2.37. The third kappa shape index (κ3) is 3.22. The van der Waals surface area contributed by atoms with Crippen molar-refractivity contribution < 1.29 is 4.79 Å². The summed E-state index contributed by atoms with van der Waals surface area (Å²) < 4.78 is 0. The second kappa shape index (κ2) is 5.16. The Bertz CT molecular complexity index is 336. The molecule has 0 bridgehead atoms. The van der Waals surface area contributed by atoms with Gasteiger partial charge < -0.3 is 10.6 Å². The van der Waals surface area contributed by atoms with Gasteiger partial charge in [-0.05, 0) is 38.0 Å². The number of amides is 1. The minimum Gasteiger partial charge on any atom is -0.392 e. The monoisotopic (exact) mass is 270 g/mol. The van der Waals surface area contributed by atoms with Crippen LogP contribution in [0.15, 0.2) is 0 Å². The van der Waals surface area contributed by atoms with Crippen molar-refractivity contribution in [2.75, 3.05) is 13.1 Å². The average molecular weight is 270 g/mol. The summed E-state index contributed by atoms with van der Waals surface area (Å²) in [6.45, 7) is 12.1. The van der Waals surface area contributed by atoms with Crippen LogP contribution < -0.4 is 5.73 Å². The van der Waals surface area contributed by atoms with Crippen LogP contribution in [-0.2, 0) is 4.79 Å². The van der Waals surface area contributed by atoms with Crippen LogP contribution in [0.3, 0.4) is 0 Å². The number of hydrogen-bond acceptors (Lipinski definition) is 2. The summed E-state index contributed by atoms with van der Waals surface area (Å²) >= 11 is 4.99. The molecule has 104 valence electrons. The highest BCUT2D eigenvalue weighted by molar-refractivity contribution is 7.80. The number of carbonyl (C=O) groups excluding carboxylic acids is 1. The van der Waals surface area contributed by atoms with Crippen LogP contribution in [0.5, 0.6) is 0 Å². The molecule has 4 heteroatoms. The van der Waals surface area contributed by atoms with Gasteiger partial charge >= 0.3 is 0 Å². The number of thiocarbonyl (C=S) groups is 1. The lowest BCUT2D eigenvalue weighted by molar-refractivity contribution is -0.138. The standard InChI is InChI=1S/C14H26N2OS/c1-13(2,3)10-6-8-16(9-7-10)12(17)14(4,5)11(15)18/h10H,6-9H2,1-5H3,(H2,15,18). The lowest BCUT2D eigenvalue weighted by atomic mass is 9.75. The summed E-state index contributed by atoms with van der Waals surface area (Å²) in [6, 6.07) is 0. The lowest BCUT2D eigenvalue weighted by Crippen LogP contribution is -2.50. The first-order valence-corrected chi connectivity index (χ1v) is 7.07. The Balaban J connectivity index is 2.64. The SMILES string of the molecule is CC(C)(C(=O)N1CCC(C(C)(C)C)CC1)C(N)=S. The van der Waals surface area contributed by atoms with Gasteiger partial charge in [0.25, 0.3) is 0 Å². The molecule has 2 N–H and O–H groups in total. The minimum absolute atomic E-state index is 0.0716. The topological polar surface area (TPSA) is 46.3 Å². The fraction of sp³-hybridized carbons (Fsp3) is 0.857. The quantitative estimate of drug-likeness (QED) is 0.785. The summed E-state index contributed by atoms with van der Waals surface area (Å²) in [5.74, 6) is 0.761. The van der Waals surface area contributed by atoms with E-state index in [1.165, 1.54) is 0 Å². The Morgan fingerprint density at radius 1 is 1.17 bits per heavy atom. The van der Waals surface area contributed by atoms with Crippen molar-refractivity contribution in [3.8, 4) is 0 Å². The summed E-state index contributed by atoms with van der Waals surface area (Å²) in [4.78, 5) is 14.6. The van der Waals surface area contributed by atoms with E-state index in [0.717, 1.165) is 25.9 Å². The molecule has 0 spiro atoms. The van der Waals surface area contributed by atoms with Crippen LogP contribution in [0.25, 0.3) is 0 Å². The van der Waals surface area contributed by atoms with Gasteiger partial charge in [0.2, 0.25) is 5.91 Å². The maximum atomic E-state index is 12.4. The number of likely N-dealkylation sites (tertiary alicyclic amines) is 1. The Morgan fingerprint density at radius 2 is 1.61 bits per heavy atom. The fourth-order valence-corrected chi connectivity index (χ4v) is 2.54. The van der Waals surface area contributed by atoms with E-state index in [-0.39, 0.29) is 10.9 Å². The molecule has 0 aromatic carbocycles. The highest BCUT2D eigenvalue weighted by Crippen LogP contribution is 2.35. The van der Waals surface area contributed by atoms with Gasteiger partial charge in [0, 0.05) is 13.1 Å². The predicted octanol–water partition coefficient (Wildman–Crippen LogP) is 2.58. The molecule has 0 aromatic heterocycles. The number of nitrogens with zero attached hydrogens (tertiary/aromatic N) is 1. The molecule has 0 aromatic rings. The first-order valence-electron chi connectivity index (χ1n) is 6.66. The van der Waals surface area contributed by atoms with E-state index in [1.54, 1.807) is 0 Å². The van der Waals surface area contributed by atoms with E-state index in [4.69, 9.17) is 18.0 Å². The zero-order chi connectivity index (χ0) is 14.1. The van der Waals surface area contributed by atoms with E-state index in [9.17, 15) is 4.79 Å². The molecular weight excluding hydrogens is 244 g/mol. The summed E-state index contributed by atoms with van der Waals surface area (Å²) in [7, 11) is 0. The molecule has 0 atom stereocenters. The van der Waals surface area contributed by atoms with E-state index in [2.05, 4.69) is 20.8 Å². The first kappa shape index (κ1) is 15.4. The zero-order valence-corrected chi connectivity index (χ0v) is 13.1. The van der Waals surface area contributed by atoms with Crippen molar-refractivity contribution in [1.82, 2.24) is 4.90 Å². The van der Waals surface area contributed by atoms with Crippen molar-refractivity contribution in [3.63, 3.8) is 0 Å². The van der Waals surface area contributed by atoms with Crippen molar-refractivity contribution in [3.05, 3.63) is 0 Å². The lowest BCUT2D eigenvalue weighted by Gasteiger charge is -2.41. The molecule has 0 unspecified atom stereocenters. The van der Waals surface area contributed by atoms with Crippen LogP contribution in [0.2, 0.25) is 0 Å². The largest absolute Gasteiger partial charge is 0.392 e. The van der Waals surface area contributed by atoms with Gasteiger partial charge in [0.15, 0.2) is 0 Å². The van der Waals surface area contributed by atoms with E-state index in [0.29, 0.717) is 11.3 Å². The average Bonchev–Trinajstić information content (AvgIpc) is 2.26. The second-order valence-electron chi connectivity index (χ2n) is 6.92. The van der Waals surface area contributed by atoms with Crippen molar-refractivity contribution in [2.24, 2.45) is 22.5 Å². The predicted molar refractivity (Wildman–Crippen MR) is 79.3 cm³/mol. The third-order valence-corrected chi connectivity index (χ3v) is 4.67. The van der Waals surface area contributed by atoms with Crippen LogP contribution in [0.4, 0.5) is 0 Å². The van der Waals surface area contributed by atoms with Gasteiger partial charge in [-0.2, -0.15) is 0 Å². The van der Waals surface area contributed by atoms with Crippen LogP contribution in [-0.4, -0.2) is 28.9 Å². The smallest absolute Gasteiger partial charge is 0.235 e. The number of carbonyl (C=O) groups is 1. The number of nitrogens with two attached hydrogens (primary N) is 1. The maximum absolute atomic E-state index is 12.4. The summed E-state index contributed by atoms with van der Waals surface area (Å²) in [5.41, 5.74) is 5.27. The molecule has 1 amide bonds. The second-order valence-corrected chi connectivity index (χ2v) is 7.36. The Hall–Kier alpha value is -0.640. The number of hydrogen-bond donors (Lipinski definition) is 1. The Labute approximate surface area is 116 Å². The molecule has 1 saturated heterocycles. The fourth-order valence-electron chi connectivity index (χ4n) is 2.45. The summed E-state index contributed by atoms with van der Waals surface area (Å²) in [5, 5.41) is 0. The summed E-state index contributed by atoms with van der Waals surface area (Å²) in [6.07, 6.45) is 2.14. The van der Waals surface area contributed by atoms with Crippen LogP contribution in [0.1, 0.15) is 47.5 Å². The van der Waals surface area contributed by atoms with E-state index >= 15 is 0 Å².